The van der Waals surface area contributed by atoms with E-state index in [-0.39, 0.29) is 12.1 Å². The zero-order valence-corrected chi connectivity index (χ0v) is 14.0. The number of amides is 2. The molecule has 6 nitrogen and oxygen atoms in total. The topological polar surface area (TPSA) is 70.1 Å². The first-order valence-electron chi connectivity index (χ1n) is 7.86. The van der Waals surface area contributed by atoms with E-state index < -0.39 is 0 Å². The molecule has 1 aromatic heterocycles. The molecule has 0 spiro atoms. The Morgan fingerprint density at radius 3 is 2.65 bits per heavy atom. The summed E-state index contributed by atoms with van der Waals surface area (Å²) in [4.78, 5) is 14.5. The third-order valence-electron chi connectivity index (χ3n) is 3.97. The van der Waals surface area contributed by atoms with Gasteiger partial charge in [-0.25, -0.2) is 4.79 Å². The molecule has 2 N–H and O–H groups in total. The number of hydrogen-bond acceptors (Lipinski definition) is 5. The summed E-state index contributed by atoms with van der Waals surface area (Å²) in [5.74, 6) is 0. The molecule has 122 valence electrons. The third-order valence-corrected chi connectivity index (χ3v) is 4.72. The molecule has 1 fully saturated rings. The van der Waals surface area contributed by atoms with Crippen molar-refractivity contribution in [2.24, 2.45) is 0 Å². The summed E-state index contributed by atoms with van der Waals surface area (Å²) in [5, 5.41) is 14.9. The Kier molecular flexibility index (Phi) is 5.19. The summed E-state index contributed by atoms with van der Waals surface area (Å²) in [5.41, 5.74) is 1.24. The summed E-state index contributed by atoms with van der Waals surface area (Å²) >= 11 is 1.37. The average molecular weight is 331 g/mol. The van der Waals surface area contributed by atoms with Crippen molar-refractivity contribution in [1.82, 2.24) is 20.4 Å². The molecule has 7 heteroatoms. The fourth-order valence-electron chi connectivity index (χ4n) is 2.86. The van der Waals surface area contributed by atoms with E-state index in [4.69, 9.17) is 0 Å². The number of aromatic nitrogens is 2. The maximum atomic E-state index is 12.1. The predicted octanol–water partition coefficient (Wildman–Crippen LogP) is 2.81. The SMILES string of the molecule is Cc1nnc(NC(=O)NC[C@@H](c2ccccc2)N2CCCC2)s1. The minimum Gasteiger partial charge on any atom is -0.336 e. The lowest BCUT2D eigenvalue weighted by molar-refractivity contribution is 0.227. The van der Waals surface area contributed by atoms with Crippen LogP contribution >= 0.6 is 11.3 Å². The van der Waals surface area contributed by atoms with Gasteiger partial charge in [-0.1, -0.05) is 41.7 Å². The monoisotopic (exact) mass is 331 g/mol. The van der Waals surface area contributed by atoms with Crippen molar-refractivity contribution in [3.05, 3.63) is 40.9 Å². The number of aryl methyl sites for hydroxylation is 1. The highest BCUT2D eigenvalue weighted by Gasteiger charge is 2.23. The van der Waals surface area contributed by atoms with Gasteiger partial charge >= 0.3 is 6.03 Å². The second kappa shape index (κ2) is 7.52. The molecular weight excluding hydrogens is 310 g/mol. The highest BCUT2D eigenvalue weighted by atomic mass is 32.1. The molecule has 1 saturated heterocycles. The summed E-state index contributed by atoms with van der Waals surface area (Å²) in [6, 6.07) is 10.3. The number of carbonyl (C=O) groups excluding carboxylic acids is 1. The zero-order valence-electron chi connectivity index (χ0n) is 13.2. The highest BCUT2D eigenvalue weighted by molar-refractivity contribution is 7.15. The number of hydrogen-bond donors (Lipinski definition) is 2. The molecule has 1 atom stereocenters. The Morgan fingerprint density at radius 2 is 2.00 bits per heavy atom. The van der Waals surface area contributed by atoms with Crippen LogP contribution in [0, 0.1) is 6.92 Å². The van der Waals surface area contributed by atoms with Gasteiger partial charge in [-0.05, 0) is 38.4 Å². The van der Waals surface area contributed by atoms with Gasteiger partial charge in [0, 0.05) is 6.54 Å². The van der Waals surface area contributed by atoms with E-state index in [1.807, 2.05) is 25.1 Å². The summed E-state index contributed by atoms with van der Waals surface area (Å²) in [6.07, 6.45) is 2.44. The maximum Gasteiger partial charge on any atom is 0.321 e. The van der Waals surface area contributed by atoms with Crippen LogP contribution in [0.3, 0.4) is 0 Å². The molecule has 2 aromatic rings. The van der Waals surface area contributed by atoms with E-state index in [0.29, 0.717) is 11.7 Å². The van der Waals surface area contributed by atoms with Gasteiger partial charge in [0.1, 0.15) is 5.01 Å². The van der Waals surface area contributed by atoms with Gasteiger partial charge in [-0.2, -0.15) is 0 Å². The van der Waals surface area contributed by atoms with Gasteiger partial charge in [0.05, 0.1) is 6.04 Å². The molecule has 2 amide bonds. The second-order valence-corrected chi connectivity index (χ2v) is 6.81. The smallest absolute Gasteiger partial charge is 0.321 e. The van der Waals surface area contributed by atoms with E-state index >= 15 is 0 Å². The summed E-state index contributed by atoms with van der Waals surface area (Å²) in [6.45, 7) is 4.60. The van der Waals surface area contributed by atoms with E-state index in [9.17, 15) is 4.79 Å². The normalized spacial score (nSPS) is 16.2. The van der Waals surface area contributed by atoms with Crippen LogP contribution in [-0.4, -0.2) is 40.8 Å². The Balaban J connectivity index is 1.61. The van der Waals surface area contributed by atoms with Gasteiger partial charge in [-0.3, -0.25) is 10.2 Å². The van der Waals surface area contributed by atoms with Crippen LogP contribution in [-0.2, 0) is 0 Å². The molecule has 3 rings (SSSR count). The van der Waals surface area contributed by atoms with E-state index in [2.05, 4.69) is 37.9 Å². The Bertz CT molecular complexity index is 639. The van der Waals surface area contributed by atoms with Gasteiger partial charge in [0.25, 0.3) is 0 Å². The number of rotatable bonds is 5. The number of likely N-dealkylation sites (tertiary alicyclic amines) is 1. The van der Waals surface area contributed by atoms with Crippen LogP contribution in [0.1, 0.15) is 29.5 Å². The lowest BCUT2D eigenvalue weighted by Gasteiger charge is -2.28. The number of anilines is 1. The van der Waals surface area contributed by atoms with Gasteiger partial charge in [0.15, 0.2) is 0 Å². The molecule has 1 aromatic carbocycles. The van der Waals surface area contributed by atoms with Crippen molar-refractivity contribution < 1.29 is 4.79 Å². The van der Waals surface area contributed by atoms with Crippen LogP contribution in [0.25, 0.3) is 0 Å². The second-order valence-electron chi connectivity index (χ2n) is 5.63. The molecule has 0 bridgehead atoms. The largest absolute Gasteiger partial charge is 0.336 e. The minimum absolute atomic E-state index is 0.209. The third kappa shape index (κ3) is 4.27. The zero-order chi connectivity index (χ0) is 16.1. The fourth-order valence-corrected chi connectivity index (χ4v) is 3.45. The van der Waals surface area contributed by atoms with Gasteiger partial charge < -0.3 is 5.32 Å². The molecule has 0 unspecified atom stereocenters. The molecule has 23 heavy (non-hydrogen) atoms. The number of carbonyl (C=O) groups is 1. The van der Waals surface area contributed by atoms with Gasteiger partial charge in [-0.15, -0.1) is 10.2 Å². The minimum atomic E-state index is -0.235. The summed E-state index contributed by atoms with van der Waals surface area (Å²) in [7, 11) is 0. The van der Waals surface area contributed by atoms with Crippen LogP contribution in [0.15, 0.2) is 30.3 Å². The lowest BCUT2D eigenvalue weighted by Crippen LogP contribution is -2.38. The molecule has 0 aliphatic carbocycles. The first-order chi connectivity index (χ1) is 11.2. The van der Waals surface area contributed by atoms with E-state index in [0.717, 1.165) is 18.1 Å². The predicted molar refractivity (Wildman–Crippen MR) is 91.7 cm³/mol. The molecule has 2 heterocycles. The molecular formula is C16H21N5OS. The Labute approximate surface area is 139 Å². The molecule has 0 saturated carbocycles. The van der Waals surface area contributed by atoms with Crippen LogP contribution in [0.4, 0.5) is 9.93 Å². The Hall–Kier alpha value is -1.99. The van der Waals surface area contributed by atoms with Crippen LogP contribution in [0.5, 0.6) is 0 Å². The van der Waals surface area contributed by atoms with Crippen molar-refractivity contribution in [1.29, 1.82) is 0 Å². The first-order valence-corrected chi connectivity index (χ1v) is 8.68. The number of nitrogens with zero attached hydrogens (tertiary/aromatic N) is 3. The van der Waals surface area contributed by atoms with Crippen LogP contribution in [0.2, 0.25) is 0 Å². The van der Waals surface area contributed by atoms with Gasteiger partial charge in [0.2, 0.25) is 5.13 Å². The Morgan fingerprint density at radius 1 is 1.26 bits per heavy atom. The maximum absolute atomic E-state index is 12.1. The molecule has 0 radical (unpaired) electrons. The summed E-state index contributed by atoms with van der Waals surface area (Å²) < 4.78 is 0. The number of nitrogens with one attached hydrogen (secondary N) is 2. The standard InChI is InChI=1S/C16H21N5OS/c1-12-19-20-16(23-12)18-15(22)17-11-14(21-9-5-6-10-21)13-7-3-2-4-8-13/h2-4,7-8,14H,5-6,9-11H2,1H3,(H2,17,18,20,22)/t14-/m0/s1. The lowest BCUT2D eigenvalue weighted by atomic mass is 10.1. The molecule has 1 aliphatic heterocycles. The van der Waals surface area contributed by atoms with Crippen molar-refractivity contribution in [3.63, 3.8) is 0 Å². The van der Waals surface area contributed by atoms with Crippen molar-refractivity contribution >= 4 is 22.5 Å². The van der Waals surface area contributed by atoms with Crippen molar-refractivity contribution in [2.75, 3.05) is 25.0 Å². The number of urea groups is 1. The average Bonchev–Trinajstić information content (AvgIpc) is 3.21. The van der Waals surface area contributed by atoms with Crippen molar-refractivity contribution in [2.45, 2.75) is 25.8 Å². The van der Waals surface area contributed by atoms with Crippen LogP contribution < -0.4 is 10.6 Å². The first kappa shape index (κ1) is 15.9. The number of benzene rings is 1. The highest BCUT2D eigenvalue weighted by Crippen LogP contribution is 2.24. The van der Waals surface area contributed by atoms with Crippen molar-refractivity contribution in [3.8, 4) is 0 Å². The molecule has 1 aliphatic rings. The quantitative estimate of drug-likeness (QED) is 0.884. The van der Waals surface area contributed by atoms with E-state index in [1.165, 1.54) is 29.7 Å². The fraction of sp³-hybridized carbons (Fsp3) is 0.438. The van der Waals surface area contributed by atoms with E-state index in [1.54, 1.807) is 0 Å².